The summed E-state index contributed by atoms with van der Waals surface area (Å²) in [5.41, 5.74) is 46.0. The number of hydrogen-bond donors (Lipinski definition) is 12. The minimum absolute atomic E-state index is 0.0251. The molecule has 0 rings (SSSR count). The summed E-state index contributed by atoms with van der Waals surface area (Å²) < 4.78 is 60.5. The number of nitrogens with one attached hydrogen (secondary N) is 4. The van der Waals surface area contributed by atoms with E-state index in [1.165, 1.54) is 0 Å². The van der Waals surface area contributed by atoms with E-state index in [9.17, 15) is 0 Å². The maximum absolute atomic E-state index is 6.30. The molecule has 0 amide bonds. The van der Waals surface area contributed by atoms with E-state index in [2.05, 4.69) is 64.5 Å². The molecule has 0 aliphatic carbocycles. The fraction of sp³-hybridized carbons (Fsp3) is 1.00. The first-order valence-corrected chi connectivity index (χ1v) is 32.8. The van der Waals surface area contributed by atoms with E-state index in [0.717, 1.165) is 170 Å². The molecule has 0 fully saturated rings. The Labute approximate surface area is 522 Å². The normalized spacial score (nSPS) is 13.7. The predicted octanol–water partition coefficient (Wildman–Crippen LogP) is -5.45. The summed E-state index contributed by atoms with van der Waals surface area (Å²) >= 11 is 0. The van der Waals surface area contributed by atoms with Crippen molar-refractivity contribution in [2.75, 3.05) is 328 Å². The molecule has 0 aliphatic heterocycles. The number of hydrogen-bond acceptors (Lipinski definition) is 28. The monoisotopic (exact) mass is 1250 g/mol. The Morgan fingerprint density at radius 1 is 0.233 bits per heavy atom. The summed E-state index contributed by atoms with van der Waals surface area (Å²) in [6.07, 6.45) is -0.105. The molecule has 0 bridgehead atoms. The van der Waals surface area contributed by atoms with Crippen molar-refractivity contribution in [3.8, 4) is 0 Å². The van der Waals surface area contributed by atoms with Crippen LogP contribution < -0.4 is 67.1 Å². The van der Waals surface area contributed by atoms with E-state index in [-0.39, 0.29) is 24.4 Å². The van der Waals surface area contributed by atoms with Crippen molar-refractivity contribution in [1.82, 2.24) is 50.7 Å². The fourth-order valence-corrected chi connectivity index (χ4v) is 9.15. The van der Waals surface area contributed by atoms with E-state index in [1.807, 2.05) is 13.8 Å². The zero-order chi connectivity index (χ0) is 63.0. The quantitative estimate of drug-likeness (QED) is 0.0253. The molecule has 0 saturated heterocycles. The van der Waals surface area contributed by atoms with Gasteiger partial charge in [-0.25, -0.2) is 0 Å². The molecule has 28 nitrogen and oxygen atoms in total. The lowest BCUT2D eigenvalue weighted by molar-refractivity contribution is -0.0308. The Morgan fingerprint density at radius 2 is 0.488 bits per heavy atom. The van der Waals surface area contributed by atoms with Crippen LogP contribution in [0.5, 0.6) is 0 Å². The molecule has 28 heteroatoms. The minimum Gasteiger partial charge on any atom is -0.378 e. The summed E-state index contributed by atoms with van der Waals surface area (Å²) in [6.45, 7) is 43.3. The SMILES string of the molecule is CC(COCCOCCN(CCN(CCOCCOCC(C)OCCNCCN(CCN)CCN)CC(C)OCCOCCNCCN(CCN)CCN)CC(C)OCCOCCNCCN(CCN)CCN)OCCNCCN(CCN)CCN. The highest BCUT2D eigenvalue weighted by Crippen LogP contribution is 2.04. The van der Waals surface area contributed by atoms with Gasteiger partial charge in [-0.2, -0.15) is 0 Å². The van der Waals surface area contributed by atoms with Gasteiger partial charge in [-0.1, -0.05) is 0 Å². The molecule has 0 aromatic heterocycles. The van der Waals surface area contributed by atoms with E-state index in [0.29, 0.717) is 158 Å². The molecule has 0 aromatic rings. The van der Waals surface area contributed by atoms with Crippen molar-refractivity contribution in [1.29, 1.82) is 0 Å². The molecule has 0 aliphatic rings. The van der Waals surface area contributed by atoms with Gasteiger partial charge in [0.2, 0.25) is 0 Å². The van der Waals surface area contributed by atoms with Gasteiger partial charge in [0.05, 0.1) is 130 Å². The van der Waals surface area contributed by atoms with Gasteiger partial charge in [-0.05, 0) is 27.7 Å². The van der Waals surface area contributed by atoms with Crippen LogP contribution in [0.15, 0.2) is 0 Å². The lowest BCUT2D eigenvalue weighted by Gasteiger charge is -2.31. The van der Waals surface area contributed by atoms with Gasteiger partial charge in [0.1, 0.15) is 0 Å². The maximum atomic E-state index is 6.30. The van der Waals surface area contributed by atoms with Crippen LogP contribution in [0.25, 0.3) is 0 Å². The van der Waals surface area contributed by atoms with E-state index >= 15 is 0 Å². The average molecular weight is 1250 g/mol. The second kappa shape index (κ2) is 66.8. The Morgan fingerprint density at radius 3 is 0.791 bits per heavy atom. The third-order valence-corrected chi connectivity index (χ3v) is 13.8. The van der Waals surface area contributed by atoms with Crippen LogP contribution in [0.4, 0.5) is 0 Å². The first-order valence-electron chi connectivity index (χ1n) is 32.8. The van der Waals surface area contributed by atoms with Crippen molar-refractivity contribution in [3.63, 3.8) is 0 Å². The molecule has 20 N–H and O–H groups in total. The van der Waals surface area contributed by atoms with Crippen LogP contribution in [0.1, 0.15) is 27.7 Å². The molecule has 518 valence electrons. The van der Waals surface area contributed by atoms with Crippen LogP contribution in [-0.2, 0) is 47.4 Å². The molecule has 0 aromatic carbocycles. The standard InChI is InChI=1S/C58H136N18O10/c1-55(85-49-47-77-37-17-67-13-29-71(21-5-59)22-6-60)51-75(35-41-79-43-45-81-53-57(3)83-39-19-69-15-31-73(25-9-63)26-10-64)33-34-76(52-56(2)86-50-48-78-38-18-68-14-30-72(23-7-61)24-8-62)36-42-80-44-46-82-54-58(4)84-40-20-70-16-32-74(27-11-65)28-12-66/h55-58,67-70H,5-54,59-66H2,1-4H3. The van der Waals surface area contributed by atoms with Crippen molar-refractivity contribution in [2.24, 2.45) is 45.9 Å². The number of ether oxygens (including phenoxy) is 10. The smallest absolute Gasteiger partial charge is 0.0781 e. The average Bonchev–Trinajstić information content (AvgIpc) is 3.53. The van der Waals surface area contributed by atoms with Crippen LogP contribution in [0, 0.1) is 0 Å². The van der Waals surface area contributed by atoms with Crippen molar-refractivity contribution >= 4 is 0 Å². The van der Waals surface area contributed by atoms with E-state index in [4.69, 9.17) is 93.2 Å². The third-order valence-electron chi connectivity index (χ3n) is 13.8. The lowest BCUT2D eigenvalue weighted by Crippen LogP contribution is -2.43. The van der Waals surface area contributed by atoms with Crippen molar-refractivity contribution in [3.05, 3.63) is 0 Å². The first-order chi connectivity index (χ1) is 42.1. The van der Waals surface area contributed by atoms with Crippen molar-refractivity contribution in [2.45, 2.75) is 52.1 Å². The Balaban J connectivity index is 5.37. The molecule has 4 unspecified atom stereocenters. The van der Waals surface area contributed by atoms with Crippen LogP contribution >= 0.6 is 0 Å². The van der Waals surface area contributed by atoms with Gasteiger partial charge in [-0.15, -0.1) is 0 Å². The molecule has 4 atom stereocenters. The highest BCUT2D eigenvalue weighted by atomic mass is 16.6. The Hall–Kier alpha value is -1.12. The van der Waals surface area contributed by atoms with E-state index < -0.39 is 0 Å². The van der Waals surface area contributed by atoms with Crippen LogP contribution in [-0.4, -0.2) is 382 Å². The van der Waals surface area contributed by atoms with Crippen molar-refractivity contribution < 1.29 is 47.4 Å². The topological polar surface area (TPSA) is 368 Å². The molecule has 0 radical (unpaired) electrons. The summed E-state index contributed by atoms with van der Waals surface area (Å²) in [4.78, 5) is 13.9. The number of nitrogens with zero attached hydrogens (tertiary/aromatic N) is 6. The number of rotatable bonds is 73. The van der Waals surface area contributed by atoms with Gasteiger partial charge in [0, 0.05) is 223 Å². The zero-order valence-electron chi connectivity index (χ0n) is 55.0. The predicted molar refractivity (Wildman–Crippen MR) is 349 cm³/mol. The first kappa shape index (κ1) is 84.9. The van der Waals surface area contributed by atoms with Gasteiger partial charge in [-0.3, -0.25) is 29.4 Å². The third kappa shape index (κ3) is 58.0. The Bertz CT molecular complexity index is 1220. The maximum Gasteiger partial charge on any atom is 0.0781 e. The largest absolute Gasteiger partial charge is 0.378 e. The number of nitrogens with two attached hydrogens (primary N) is 8. The molecule has 0 saturated carbocycles. The molecule has 0 spiro atoms. The van der Waals surface area contributed by atoms with E-state index in [1.54, 1.807) is 0 Å². The second-order valence-electron chi connectivity index (χ2n) is 21.6. The second-order valence-corrected chi connectivity index (χ2v) is 21.6. The van der Waals surface area contributed by atoms with Crippen LogP contribution in [0.3, 0.4) is 0 Å². The zero-order valence-corrected chi connectivity index (χ0v) is 55.0. The minimum atomic E-state index is -0.0273. The summed E-state index contributed by atoms with van der Waals surface area (Å²) in [6, 6.07) is 0. The fourth-order valence-electron chi connectivity index (χ4n) is 9.15. The van der Waals surface area contributed by atoms with Gasteiger partial charge in [0.25, 0.3) is 0 Å². The summed E-state index contributed by atoms with van der Waals surface area (Å²) in [5, 5.41) is 13.8. The highest BCUT2D eigenvalue weighted by Gasteiger charge is 2.17. The molecule has 0 heterocycles. The van der Waals surface area contributed by atoms with Crippen LogP contribution in [0.2, 0.25) is 0 Å². The molecule has 86 heavy (non-hydrogen) atoms. The van der Waals surface area contributed by atoms with Gasteiger partial charge < -0.3 is 115 Å². The summed E-state index contributed by atoms with van der Waals surface area (Å²) in [7, 11) is 0. The lowest BCUT2D eigenvalue weighted by atomic mass is 10.3. The molecular weight excluding hydrogens is 1110 g/mol. The summed E-state index contributed by atoms with van der Waals surface area (Å²) in [5.74, 6) is 0. The van der Waals surface area contributed by atoms with Gasteiger partial charge >= 0.3 is 0 Å². The Kier molecular flexibility index (Phi) is 65.9. The highest BCUT2D eigenvalue weighted by molar-refractivity contribution is 4.71. The van der Waals surface area contributed by atoms with Gasteiger partial charge in [0.15, 0.2) is 0 Å². The molecular formula is C58H136N18O10.